The quantitative estimate of drug-likeness (QED) is 0.748. The lowest BCUT2D eigenvalue weighted by Gasteiger charge is -2.03. The molecule has 1 rings (SSSR count). The fraction of sp³-hybridized carbons (Fsp3) is 0.125. The molecule has 0 aliphatic heterocycles. The second-order valence-corrected chi connectivity index (χ2v) is 4.06. The van der Waals surface area contributed by atoms with E-state index in [0.29, 0.717) is 6.54 Å². The molecular weight excluding hydrogens is 188 g/mol. The maximum Gasteiger partial charge on any atom is 0.238 e. The van der Waals surface area contributed by atoms with Crippen LogP contribution in [0.25, 0.3) is 0 Å². The zero-order chi connectivity index (χ0) is 9.90. The largest absolute Gasteiger partial charge is 0.385 e. The number of sulfonamides is 1. The molecule has 71 valence electrons. The molecule has 0 saturated carbocycles. The van der Waals surface area contributed by atoms with Crippen molar-refractivity contribution in [3.8, 4) is 0 Å². The Balaban J connectivity index is 2.94. The second-order valence-electron chi connectivity index (χ2n) is 2.50. The Labute approximate surface area is 77.8 Å². The van der Waals surface area contributed by atoms with Gasteiger partial charge in [-0.3, -0.25) is 0 Å². The minimum atomic E-state index is -3.58. The van der Waals surface area contributed by atoms with Crippen molar-refractivity contribution < 1.29 is 8.42 Å². The van der Waals surface area contributed by atoms with Crippen LogP contribution in [0.2, 0.25) is 0 Å². The van der Waals surface area contributed by atoms with Crippen LogP contribution >= 0.6 is 0 Å². The van der Waals surface area contributed by atoms with Crippen LogP contribution in [-0.2, 0) is 10.0 Å². The van der Waals surface area contributed by atoms with E-state index in [2.05, 4.69) is 12.2 Å². The summed E-state index contributed by atoms with van der Waals surface area (Å²) in [6.45, 7) is 4.15. The predicted molar refractivity (Wildman–Crippen MR) is 51.7 cm³/mol. The molecule has 0 saturated heterocycles. The van der Waals surface area contributed by atoms with Crippen LogP contribution < -0.4 is 10.5 Å². The van der Waals surface area contributed by atoms with E-state index in [0.717, 1.165) is 5.69 Å². The molecule has 0 atom stereocenters. The van der Waals surface area contributed by atoms with Gasteiger partial charge in [-0.2, -0.15) is 0 Å². The summed E-state index contributed by atoms with van der Waals surface area (Å²) < 4.78 is 21.7. The summed E-state index contributed by atoms with van der Waals surface area (Å²) in [6, 6.07) is 6.19. The standard InChI is InChI=1S/C8H11N2O2S/c1-2-10-7-3-5-8(6-4-7)13(9,11)12/h3-6,10H,1-2H2,(H2,9,11,12). The molecule has 0 unspecified atom stereocenters. The Hall–Kier alpha value is -1.07. The highest BCUT2D eigenvalue weighted by Gasteiger charge is 2.05. The fourth-order valence-electron chi connectivity index (χ4n) is 0.907. The van der Waals surface area contributed by atoms with Crippen molar-refractivity contribution >= 4 is 15.7 Å². The molecule has 0 spiro atoms. The van der Waals surface area contributed by atoms with Crippen molar-refractivity contribution in [2.45, 2.75) is 4.90 Å². The maximum absolute atomic E-state index is 10.8. The van der Waals surface area contributed by atoms with Gasteiger partial charge in [-0.05, 0) is 31.2 Å². The van der Waals surface area contributed by atoms with E-state index in [-0.39, 0.29) is 4.90 Å². The first kappa shape index (κ1) is 10.0. The average Bonchev–Trinajstić information content (AvgIpc) is 2.04. The Morgan fingerprint density at radius 1 is 1.31 bits per heavy atom. The summed E-state index contributed by atoms with van der Waals surface area (Å²) in [4.78, 5) is 0.113. The summed E-state index contributed by atoms with van der Waals surface area (Å²) >= 11 is 0. The number of anilines is 1. The van der Waals surface area contributed by atoms with Crippen molar-refractivity contribution in [3.05, 3.63) is 31.2 Å². The second kappa shape index (κ2) is 3.76. The summed E-state index contributed by atoms with van der Waals surface area (Å²) in [5.74, 6) is 0. The number of rotatable bonds is 3. The molecule has 13 heavy (non-hydrogen) atoms. The number of hydrogen-bond donors (Lipinski definition) is 2. The van der Waals surface area contributed by atoms with Gasteiger partial charge in [0.25, 0.3) is 0 Å². The van der Waals surface area contributed by atoms with Gasteiger partial charge in [0.15, 0.2) is 0 Å². The third-order valence-corrected chi connectivity index (χ3v) is 2.44. The van der Waals surface area contributed by atoms with Gasteiger partial charge in [0.1, 0.15) is 0 Å². The van der Waals surface area contributed by atoms with Gasteiger partial charge < -0.3 is 5.32 Å². The van der Waals surface area contributed by atoms with E-state index >= 15 is 0 Å². The van der Waals surface area contributed by atoms with Crippen molar-refractivity contribution in [1.82, 2.24) is 0 Å². The number of nitrogens with two attached hydrogens (primary N) is 1. The summed E-state index contributed by atoms with van der Waals surface area (Å²) in [5.41, 5.74) is 0.822. The molecule has 0 fully saturated rings. The molecule has 1 aromatic carbocycles. The molecule has 1 aromatic rings. The van der Waals surface area contributed by atoms with Crippen LogP contribution in [0.5, 0.6) is 0 Å². The predicted octanol–water partition coefficient (Wildman–Crippen LogP) is 0.580. The van der Waals surface area contributed by atoms with Gasteiger partial charge >= 0.3 is 0 Å². The highest BCUT2D eigenvalue weighted by atomic mass is 32.2. The van der Waals surface area contributed by atoms with Crippen LogP contribution in [0.3, 0.4) is 0 Å². The zero-order valence-corrected chi connectivity index (χ0v) is 7.84. The first-order valence-electron chi connectivity index (χ1n) is 3.70. The molecule has 0 aromatic heterocycles. The van der Waals surface area contributed by atoms with Gasteiger partial charge in [0, 0.05) is 12.2 Å². The summed E-state index contributed by atoms with van der Waals surface area (Å²) in [6.07, 6.45) is 0. The third kappa shape index (κ3) is 2.71. The molecule has 0 amide bonds. The van der Waals surface area contributed by atoms with Gasteiger partial charge in [-0.25, -0.2) is 13.6 Å². The topological polar surface area (TPSA) is 72.2 Å². The maximum atomic E-state index is 10.8. The van der Waals surface area contributed by atoms with Gasteiger partial charge in [0.2, 0.25) is 10.0 Å². The minimum Gasteiger partial charge on any atom is -0.385 e. The monoisotopic (exact) mass is 199 g/mol. The van der Waals surface area contributed by atoms with Crippen molar-refractivity contribution in [1.29, 1.82) is 0 Å². The SMILES string of the molecule is [CH2]CNc1ccc(S(N)(=O)=O)cc1. The van der Waals surface area contributed by atoms with Crippen LogP contribution in [0.15, 0.2) is 29.2 Å². The first-order valence-corrected chi connectivity index (χ1v) is 5.24. The van der Waals surface area contributed by atoms with Crippen molar-refractivity contribution in [3.63, 3.8) is 0 Å². The van der Waals surface area contributed by atoms with Gasteiger partial charge in [-0.15, -0.1) is 0 Å². The van der Waals surface area contributed by atoms with E-state index < -0.39 is 10.0 Å². The highest BCUT2D eigenvalue weighted by Crippen LogP contribution is 2.11. The lowest BCUT2D eigenvalue weighted by Crippen LogP contribution is -2.11. The number of hydrogen-bond acceptors (Lipinski definition) is 3. The highest BCUT2D eigenvalue weighted by molar-refractivity contribution is 7.89. The number of primary sulfonamides is 1. The molecule has 0 aliphatic rings. The molecule has 5 heteroatoms. The van der Waals surface area contributed by atoms with Crippen LogP contribution in [0.1, 0.15) is 0 Å². The molecular formula is C8H11N2O2S. The smallest absolute Gasteiger partial charge is 0.238 e. The third-order valence-electron chi connectivity index (χ3n) is 1.51. The van der Waals surface area contributed by atoms with Crippen molar-refractivity contribution in [2.24, 2.45) is 5.14 Å². The normalized spacial score (nSPS) is 11.2. The average molecular weight is 199 g/mol. The lowest BCUT2D eigenvalue weighted by atomic mass is 10.3. The van der Waals surface area contributed by atoms with Crippen molar-refractivity contribution in [2.75, 3.05) is 11.9 Å². The first-order chi connectivity index (χ1) is 6.04. The Kier molecular flexibility index (Phi) is 2.90. The summed E-state index contributed by atoms with van der Waals surface area (Å²) in [7, 11) is -3.58. The van der Waals surface area contributed by atoms with Gasteiger partial charge in [-0.1, -0.05) is 0 Å². The summed E-state index contributed by atoms with van der Waals surface area (Å²) in [5, 5.41) is 7.86. The van der Waals surface area contributed by atoms with E-state index in [1.165, 1.54) is 12.1 Å². The molecule has 0 aliphatic carbocycles. The van der Waals surface area contributed by atoms with Gasteiger partial charge in [0.05, 0.1) is 4.90 Å². The fourth-order valence-corrected chi connectivity index (χ4v) is 1.42. The van der Waals surface area contributed by atoms with E-state index in [1.807, 2.05) is 0 Å². The molecule has 1 radical (unpaired) electrons. The van der Waals surface area contributed by atoms with E-state index in [1.54, 1.807) is 12.1 Å². The lowest BCUT2D eigenvalue weighted by molar-refractivity contribution is 0.598. The molecule has 4 nitrogen and oxygen atoms in total. The molecule has 0 heterocycles. The Morgan fingerprint density at radius 2 is 1.85 bits per heavy atom. The van der Waals surface area contributed by atoms with Crippen LogP contribution in [0.4, 0.5) is 5.69 Å². The van der Waals surface area contributed by atoms with Crippen LogP contribution in [0, 0.1) is 6.92 Å². The van der Waals surface area contributed by atoms with E-state index in [4.69, 9.17) is 5.14 Å². The molecule has 3 N–H and O–H groups in total. The molecule has 0 bridgehead atoms. The van der Waals surface area contributed by atoms with E-state index in [9.17, 15) is 8.42 Å². The number of nitrogens with one attached hydrogen (secondary N) is 1. The van der Waals surface area contributed by atoms with Crippen LogP contribution in [-0.4, -0.2) is 15.0 Å². The minimum absolute atomic E-state index is 0.113. The Bertz CT molecular complexity index is 370. The Morgan fingerprint density at radius 3 is 2.23 bits per heavy atom. The number of benzene rings is 1. The zero-order valence-electron chi connectivity index (χ0n) is 7.03.